The lowest BCUT2D eigenvalue weighted by Crippen LogP contribution is -2.10. The van der Waals surface area contributed by atoms with Crippen molar-refractivity contribution in [2.24, 2.45) is 0 Å². The van der Waals surface area contributed by atoms with Gasteiger partial charge in [-0.3, -0.25) is 14.8 Å². The second kappa shape index (κ2) is 8.39. The maximum Gasteiger partial charge on any atom is 0.204 e. The molecule has 1 saturated heterocycles. The van der Waals surface area contributed by atoms with Crippen LogP contribution >= 0.6 is 0 Å². The third-order valence-electron chi connectivity index (χ3n) is 4.17. The molecule has 130 valence electrons. The van der Waals surface area contributed by atoms with Crippen molar-refractivity contribution in [3.05, 3.63) is 64.8 Å². The summed E-state index contributed by atoms with van der Waals surface area (Å²) in [6.07, 6.45) is 9.43. The van der Waals surface area contributed by atoms with Crippen molar-refractivity contribution in [2.75, 3.05) is 25.5 Å². The Kier molecular flexibility index (Phi) is 5.74. The average Bonchev–Trinajstić information content (AvgIpc) is 3.12. The number of aromatic amines is 1. The smallest absolute Gasteiger partial charge is 0.204 e. The Labute approximate surface area is 146 Å². The molecule has 0 radical (unpaired) electrons. The molecule has 1 fully saturated rings. The number of benzene rings is 1. The minimum Gasteiger partial charge on any atom is -0.377 e. The van der Waals surface area contributed by atoms with Crippen LogP contribution in [0.25, 0.3) is 11.0 Å². The van der Waals surface area contributed by atoms with Crippen LogP contribution in [0, 0.1) is 0 Å². The van der Waals surface area contributed by atoms with Crippen LogP contribution in [0.3, 0.4) is 0 Å². The summed E-state index contributed by atoms with van der Waals surface area (Å²) in [5, 5.41) is 3.10. The van der Waals surface area contributed by atoms with E-state index in [0.717, 1.165) is 16.6 Å². The van der Waals surface area contributed by atoms with Crippen molar-refractivity contribution in [3.8, 4) is 0 Å². The Balaban J connectivity index is 0.000000258. The van der Waals surface area contributed by atoms with Crippen LogP contribution in [-0.4, -0.2) is 40.0 Å². The fourth-order valence-corrected chi connectivity index (χ4v) is 2.75. The van der Waals surface area contributed by atoms with E-state index >= 15 is 0 Å². The lowest BCUT2D eigenvalue weighted by Gasteiger charge is -2.06. The summed E-state index contributed by atoms with van der Waals surface area (Å²) < 4.78 is 0. The molecule has 0 aliphatic carbocycles. The molecule has 2 aromatic heterocycles. The minimum atomic E-state index is -0.0284. The number of H-pyrrole nitrogens is 1. The van der Waals surface area contributed by atoms with Gasteiger partial charge in [-0.2, -0.15) is 0 Å². The van der Waals surface area contributed by atoms with E-state index in [-0.39, 0.29) is 5.43 Å². The fourth-order valence-electron chi connectivity index (χ4n) is 2.75. The van der Waals surface area contributed by atoms with Gasteiger partial charge in [0.05, 0.1) is 16.7 Å². The second-order valence-corrected chi connectivity index (χ2v) is 6.17. The molecule has 0 saturated carbocycles. The van der Waals surface area contributed by atoms with Gasteiger partial charge in [0, 0.05) is 37.4 Å². The highest BCUT2D eigenvalue weighted by atomic mass is 16.1. The first-order valence-electron chi connectivity index (χ1n) is 8.51. The zero-order valence-electron chi connectivity index (χ0n) is 14.4. The number of aromatic nitrogens is 3. The van der Waals surface area contributed by atoms with Crippen molar-refractivity contribution in [3.63, 3.8) is 0 Å². The lowest BCUT2D eigenvalue weighted by atomic mass is 10.2. The molecule has 6 nitrogen and oxygen atoms in total. The fraction of sp³-hybridized carbons (Fsp3) is 0.316. The van der Waals surface area contributed by atoms with Gasteiger partial charge in [0.25, 0.3) is 0 Å². The van der Waals surface area contributed by atoms with E-state index in [2.05, 4.69) is 32.2 Å². The number of fused-ring (bicyclic) bond motifs is 1. The van der Waals surface area contributed by atoms with Gasteiger partial charge in [-0.15, -0.1) is 0 Å². The first-order valence-corrected chi connectivity index (χ1v) is 8.51. The highest BCUT2D eigenvalue weighted by Crippen LogP contribution is 2.11. The standard InChI is InChI=1S/C14H12N4O.C5H11N/c19-14-3-4-15-9-13(14)18-8-10-1-2-11-12(7-10)17-6-5-16-11;1-6-4-2-3-5-6/h1-7,9,18H,8H2,(H,15,19);2-5H2,1H3. The maximum absolute atomic E-state index is 11.5. The van der Waals surface area contributed by atoms with E-state index in [4.69, 9.17) is 0 Å². The molecule has 0 atom stereocenters. The molecule has 0 bridgehead atoms. The van der Waals surface area contributed by atoms with Crippen molar-refractivity contribution in [2.45, 2.75) is 19.4 Å². The molecule has 1 aliphatic heterocycles. The van der Waals surface area contributed by atoms with Gasteiger partial charge in [-0.05, 0) is 50.7 Å². The molecule has 0 amide bonds. The summed E-state index contributed by atoms with van der Waals surface area (Å²) in [5.41, 5.74) is 3.30. The van der Waals surface area contributed by atoms with E-state index in [0.29, 0.717) is 12.2 Å². The van der Waals surface area contributed by atoms with Crippen LogP contribution in [0.5, 0.6) is 0 Å². The number of nitrogens with zero attached hydrogens (tertiary/aromatic N) is 3. The van der Waals surface area contributed by atoms with E-state index in [1.807, 2.05) is 18.2 Å². The first-order chi connectivity index (χ1) is 12.2. The molecular formula is C19H23N5O. The monoisotopic (exact) mass is 337 g/mol. The summed E-state index contributed by atoms with van der Waals surface area (Å²) in [7, 11) is 2.17. The molecular weight excluding hydrogens is 314 g/mol. The summed E-state index contributed by atoms with van der Waals surface area (Å²) >= 11 is 0. The van der Waals surface area contributed by atoms with Gasteiger partial charge in [0.2, 0.25) is 5.43 Å². The molecule has 3 heterocycles. The Morgan fingerprint density at radius 2 is 1.88 bits per heavy atom. The topological polar surface area (TPSA) is 73.9 Å². The number of anilines is 1. The van der Waals surface area contributed by atoms with Gasteiger partial charge in [-0.1, -0.05) is 6.07 Å². The van der Waals surface area contributed by atoms with Crippen molar-refractivity contribution in [1.29, 1.82) is 0 Å². The van der Waals surface area contributed by atoms with E-state index in [9.17, 15) is 4.79 Å². The normalized spacial score (nSPS) is 14.1. The lowest BCUT2D eigenvalue weighted by molar-refractivity contribution is 0.418. The van der Waals surface area contributed by atoms with Gasteiger partial charge in [-0.25, -0.2) is 0 Å². The summed E-state index contributed by atoms with van der Waals surface area (Å²) in [6.45, 7) is 3.21. The average molecular weight is 337 g/mol. The van der Waals surface area contributed by atoms with Gasteiger partial charge in [0.15, 0.2) is 0 Å². The molecule has 3 aromatic rings. The number of hydrogen-bond donors (Lipinski definition) is 2. The molecule has 1 aromatic carbocycles. The predicted molar refractivity (Wildman–Crippen MR) is 101 cm³/mol. The predicted octanol–water partition coefficient (Wildman–Crippen LogP) is 2.64. The van der Waals surface area contributed by atoms with Crippen molar-refractivity contribution < 1.29 is 0 Å². The zero-order chi connectivity index (χ0) is 17.5. The highest BCUT2D eigenvalue weighted by molar-refractivity contribution is 5.74. The number of rotatable bonds is 3. The third kappa shape index (κ3) is 4.87. The Morgan fingerprint density at radius 3 is 2.56 bits per heavy atom. The molecule has 4 rings (SSSR count). The molecule has 6 heteroatoms. The van der Waals surface area contributed by atoms with Crippen molar-refractivity contribution >= 4 is 16.7 Å². The third-order valence-corrected chi connectivity index (χ3v) is 4.17. The van der Waals surface area contributed by atoms with E-state index in [1.165, 1.54) is 32.0 Å². The van der Waals surface area contributed by atoms with Gasteiger partial charge in [0.1, 0.15) is 0 Å². The van der Waals surface area contributed by atoms with Crippen LogP contribution in [0.15, 0.2) is 53.8 Å². The first kappa shape index (κ1) is 17.1. The summed E-state index contributed by atoms with van der Waals surface area (Å²) in [5.74, 6) is 0. The van der Waals surface area contributed by atoms with Crippen LogP contribution in [-0.2, 0) is 6.54 Å². The van der Waals surface area contributed by atoms with Crippen LogP contribution in [0.1, 0.15) is 18.4 Å². The summed E-state index contributed by atoms with van der Waals surface area (Å²) in [6, 6.07) is 7.36. The highest BCUT2D eigenvalue weighted by Gasteiger charge is 2.03. The Bertz CT molecular complexity index is 871. The molecule has 2 N–H and O–H groups in total. The Hall–Kier alpha value is -2.73. The SMILES string of the molecule is CN1CCCC1.O=c1cc[nH]cc1NCc1ccc2nccnc2c1. The van der Waals surface area contributed by atoms with E-state index < -0.39 is 0 Å². The van der Waals surface area contributed by atoms with Crippen LogP contribution in [0.2, 0.25) is 0 Å². The van der Waals surface area contributed by atoms with Gasteiger partial charge < -0.3 is 15.2 Å². The second-order valence-electron chi connectivity index (χ2n) is 6.17. The van der Waals surface area contributed by atoms with Crippen molar-refractivity contribution in [1.82, 2.24) is 19.9 Å². The molecule has 1 aliphatic rings. The molecule has 0 spiro atoms. The minimum absolute atomic E-state index is 0.0284. The number of likely N-dealkylation sites (tertiary alicyclic amines) is 1. The number of pyridine rings is 1. The quantitative estimate of drug-likeness (QED) is 0.768. The van der Waals surface area contributed by atoms with Crippen LogP contribution in [0.4, 0.5) is 5.69 Å². The summed E-state index contributed by atoms with van der Waals surface area (Å²) in [4.78, 5) is 25.3. The van der Waals surface area contributed by atoms with E-state index in [1.54, 1.807) is 24.8 Å². The number of nitrogens with one attached hydrogen (secondary N) is 2. The Morgan fingerprint density at radius 1 is 1.12 bits per heavy atom. The largest absolute Gasteiger partial charge is 0.377 e. The molecule has 0 unspecified atom stereocenters. The van der Waals surface area contributed by atoms with Crippen LogP contribution < -0.4 is 10.7 Å². The zero-order valence-corrected chi connectivity index (χ0v) is 14.4. The van der Waals surface area contributed by atoms with Gasteiger partial charge >= 0.3 is 0 Å². The molecule has 25 heavy (non-hydrogen) atoms. The number of hydrogen-bond acceptors (Lipinski definition) is 5. The maximum atomic E-state index is 11.5.